The second-order valence-corrected chi connectivity index (χ2v) is 5.05. The summed E-state index contributed by atoms with van der Waals surface area (Å²) in [5.41, 5.74) is 6.88. The smallest absolute Gasteiger partial charge is 0.231 e. The van der Waals surface area contributed by atoms with E-state index in [1.807, 2.05) is 6.07 Å². The molecule has 0 saturated carbocycles. The lowest BCUT2D eigenvalue weighted by Crippen LogP contribution is -2.23. The Labute approximate surface area is 109 Å². The van der Waals surface area contributed by atoms with Crippen molar-refractivity contribution in [2.75, 3.05) is 26.9 Å². The van der Waals surface area contributed by atoms with Crippen molar-refractivity contribution in [3.05, 3.63) is 23.8 Å². The molecule has 0 aliphatic carbocycles. The highest BCUT2D eigenvalue weighted by Crippen LogP contribution is 2.32. The van der Waals surface area contributed by atoms with Crippen molar-refractivity contribution < 1.29 is 9.47 Å². The van der Waals surface area contributed by atoms with Crippen LogP contribution in [0.5, 0.6) is 11.5 Å². The highest BCUT2D eigenvalue weighted by molar-refractivity contribution is 5.44. The summed E-state index contributed by atoms with van der Waals surface area (Å²) < 4.78 is 10.7. The van der Waals surface area contributed by atoms with Gasteiger partial charge in [-0.15, -0.1) is 0 Å². The fraction of sp³-hybridized carbons (Fsp3) is 0.571. The van der Waals surface area contributed by atoms with Gasteiger partial charge >= 0.3 is 0 Å². The predicted octanol–water partition coefficient (Wildman–Crippen LogP) is 1.83. The van der Waals surface area contributed by atoms with Crippen LogP contribution in [0.1, 0.15) is 18.9 Å². The van der Waals surface area contributed by atoms with E-state index < -0.39 is 0 Å². The Morgan fingerprint density at radius 2 is 2.11 bits per heavy atom. The van der Waals surface area contributed by atoms with Gasteiger partial charge in [0.1, 0.15) is 0 Å². The number of nitrogens with zero attached hydrogens (tertiary/aromatic N) is 1. The molecule has 0 bridgehead atoms. The molecule has 0 fully saturated rings. The number of hydrogen-bond acceptors (Lipinski definition) is 4. The Bertz CT molecular complexity index is 395. The zero-order valence-corrected chi connectivity index (χ0v) is 11.2. The molecule has 4 nitrogen and oxygen atoms in total. The summed E-state index contributed by atoms with van der Waals surface area (Å²) in [4.78, 5) is 2.31. The quantitative estimate of drug-likeness (QED) is 0.837. The van der Waals surface area contributed by atoms with Gasteiger partial charge in [-0.3, -0.25) is 0 Å². The third kappa shape index (κ3) is 3.37. The first-order valence-corrected chi connectivity index (χ1v) is 6.46. The van der Waals surface area contributed by atoms with Crippen molar-refractivity contribution in [1.29, 1.82) is 0 Å². The standard InChI is InChI=1S/C14H22N2O2/c1-11(8-15)5-6-16(2)9-12-3-4-13-14(7-12)18-10-17-13/h3-4,7,11H,5-6,8-10,15H2,1-2H3. The van der Waals surface area contributed by atoms with Crippen molar-refractivity contribution in [3.63, 3.8) is 0 Å². The van der Waals surface area contributed by atoms with E-state index in [-0.39, 0.29) is 0 Å². The van der Waals surface area contributed by atoms with Gasteiger partial charge in [-0.2, -0.15) is 0 Å². The summed E-state index contributed by atoms with van der Waals surface area (Å²) in [5, 5.41) is 0. The molecule has 0 saturated heterocycles. The van der Waals surface area contributed by atoms with Crippen LogP contribution >= 0.6 is 0 Å². The Balaban J connectivity index is 1.85. The number of rotatable bonds is 6. The monoisotopic (exact) mass is 250 g/mol. The third-order valence-corrected chi connectivity index (χ3v) is 3.30. The van der Waals surface area contributed by atoms with E-state index in [9.17, 15) is 0 Å². The van der Waals surface area contributed by atoms with Gasteiger partial charge in [-0.25, -0.2) is 0 Å². The zero-order chi connectivity index (χ0) is 13.0. The molecular weight excluding hydrogens is 228 g/mol. The van der Waals surface area contributed by atoms with Crippen LogP contribution in [-0.4, -0.2) is 31.8 Å². The molecule has 4 heteroatoms. The average molecular weight is 250 g/mol. The largest absolute Gasteiger partial charge is 0.454 e. The molecule has 1 aromatic rings. The lowest BCUT2D eigenvalue weighted by molar-refractivity contribution is 0.174. The molecule has 0 radical (unpaired) electrons. The van der Waals surface area contributed by atoms with Crippen LogP contribution in [-0.2, 0) is 6.54 Å². The Morgan fingerprint density at radius 3 is 2.89 bits per heavy atom. The maximum Gasteiger partial charge on any atom is 0.231 e. The van der Waals surface area contributed by atoms with Crippen molar-refractivity contribution in [1.82, 2.24) is 4.90 Å². The highest BCUT2D eigenvalue weighted by Gasteiger charge is 2.13. The number of fused-ring (bicyclic) bond motifs is 1. The maximum atomic E-state index is 5.62. The van der Waals surface area contributed by atoms with Gasteiger partial charge in [0.05, 0.1) is 0 Å². The van der Waals surface area contributed by atoms with E-state index in [2.05, 4.69) is 31.0 Å². The van der Waals surface area contributed by atoms with Crippen molar-refractivity contribution >= 4 is 0 Å². The van der Waals surface area contributed by atoms with Gasteiger partial charge in [0.2, 0.25) is 6.79 Å². The summed E-state index contributed by atoms with van der Waals surface area (Å²) in [5.74, 6) is 2.29. The van der Waals surface area contributed by atoms with Gasteiger partial charge in [0.25, 0.3) is 0 Å². The molecule has 1 aromatic carbocycles. The molecule has 2 rings (SSSR count). The molecule has 1 aliphatic rings. The van der Waals surface area contributed by atoms with Gasteiger partial charge < -0.3 is 20.1 Å². The summed E-state index contributed by atoms with van der Waals surface area (Å²) in [6.45, 7) is 5.27. The van der Waals surface area contributed by atoms with Crippen LogP contribution < -0.4 is 15.2 Å². The van der Waals surface area contributed by atoms with Crippen LogP contribution in [0, 0.1) is 5.92 Å². The normalized spacial score (nSPS) is 15.1. The van der Waals surface area contributed by atoms with Crippen molar-refractivity contribution in [3.8, 4) is 11.5 Å². The van der Waals surface area contributed by atoms with Gasteiger partial charge in [-0.1, -0.05) is 13.0 Å². The highest BCUT2D eigenvalue weighted by atomic mass is 16.7. The maximum absolute atomic E-state index is 5.62. The minimum absolute atomic E-state index is 0.336. The Kier molecular flexibility index (Phi) is 4.44. The topological polar surface area (TPSA) is 47.7 Å². The minimum atomic E-state index is 0.336. The molecule has 0 amide bonds. The minimum Gasteiger partial charge on any atom is -0.454 e. The second kappa shape index (κ2) is 6.07. The molecule has 0 spiro atoms. The molecule has 1 atom stereocenters. The summed E-state index contributed by atoms with van der Waals surface area (Å²) >= 11 is 0. The fourth-order valence-electron chi connectivity index (χ4n) is 1.99. The first-order chi connectivity index (χ1) is 8.69. The molecule has 1 unspecified atom stereocenters. The SMILES string of the molecule is CC(CN)CCN(C)Cc1ccc2c(c1)OCO2. The van der Waals surface area contributed by atoms with Crippen LogP contribution in [0.15, 0.2) is 18.2 Å². The molecule has 1 heterocycles. The van der Waals surface area contributed by atoms with Gasteiger partial charge in [0.15, 0.2) is 11.5 Å². The Hall–Kier alpha value is -1.26. The van der Waals surface area contributed by atoms with Crippen LogP contribution in [0.25, 0.3) is 0 Å². The molecule has 2 N–H and O–H groups in total. The van der Waals surface area contributed by atoms with Crippen molar-refractivity contribution in [2.45, 2.75) is 19.9 Å². The number of nitrogens with two attached hydrogens (primary N) is 1. The average Bonchev–Trinajstić information content (AvgIpc) is 2.83. The number of ether oxygens (including phenoxy) is 2. The van der Waals surface area contributed by atoms with E-state index in [1.165, 1.54) is 5.56 Å². The van der Waals surface area contributed by atoms with E-state index in [4.69, 9.17) is 15.2 Å². The molecule has 100 valence electrons. The van der Waals surface area contributed by atoms with Gasteiger partial charge in [0, 0.05) is 6.54 Å². The van der Waals surface area contributed by atoms with Crippen LogP contribution in [0.3, 0.4) is 0 Å². The van der Waals surface area contributed by atoms with E-state index in [0.717, 1.165) is 37.6 Å². The summed E-state index contributed by atoms with van der Waals surface area (Å²) in [7, 11) is 2.13. The van der Waals surface area contributed by atoms with Crippen LogP contribution in [0.4, 0.5) is 0 Å². The molecule has 18 heavy (non-hydrogen) atoms. The lowest BCUT2D eigenvalue weighted by Gasteiger charge is -2.18. The van der Waals surface area contributed by atoms with E-state index >= 15 is 0 Å². The van der Waals surface area contributed by atoms with E-state index in [1.54, 1.807) is 0 Å². The van der Waals surface area contributed by atoms with Crippen LogP contribution in [0.2, 0.25) is 0 Å². The summed E-state index contributed by atoms with van der Waals surface area (Å²) in [6, 6.07) is 6.13. The lowest BCUT2D eigenvalue weighted by atomic mass is 10.1. The fourth-order valence-corrected chi connectivity index (χ4v) is 1.99. The third-order valence-electron chi connectivity index (χ3n) is 3.30. The first kappa shape index (κ1) is 13.2. The number of benzene rings is 1. The summed E-state index contributed by atoms with van der Waals surface area (Å²) in [6.07, 6.45) is 1.14. The number of hydrogen-bond donors (Lipinski definition) is 1. The zero-order valence-electron chi connectivity index (χ0n) is 11.2. The van der Waals surface area contributed by atoms with Gasteiger partial charge in [-0.05, 0) is 50.2 Å². The molecular formula is C14H22N2O2. The molecule has 0 aromatic heterocycles. The second-order valence-electron chi connectivity index (χ2n) is 5.05. The van der Waals surface area contributed by atoms with E-state index in [0.29, 0.717) is 12.7 Å². The Morgan fingerprint density at radius 1 is 1.33 bits per heavy atom. The molecule has 1 aliphatic heterocycles. The first-order valence-electron chi connectivity index (χ1n) is 6.46. The predicted molar refractivity (Wildman–Crippen MR) is 71.7 cm³/mol. The van der Waals surface area contributed by atoms with Crippen molar-refractivity contribution in [2.24, 2.45) is 11.7 Å².